The molecule has 1 fully saturated rings. The average Bonchev–Trinajstić information content (AvgIpc) is 2.53. The highest BCUT2D eigenvalue weighted by Gasteiger charge is 2.22. The minimum Gasteiger partial charge on any atom is -0.352 e. The maximum Gasteiger partial charge on any atom is 0.220 e. The van der Waals surface area contributed by atoms with E-state index in [1.807, 2.05) is 18.2 Å². The fraction of sp³-hybridized carbons (Fsp3) is 0.611. The summed E-state index contributed by atoms with van der Waals surface area (Å²) < 4.78 is 23.0. The van der Waals surface area contributed by atoms with Gasteiger partial charge in [-0.15, -0.1) is 12.4 Å². The Morgan fingerprint density at radius 2 is 2.00 bits per heavy atom. The second-order valence-electron chi connectivity index (χ2n) is 6.90. The van der Waals surface area contributed by atoms with Crippen molar-refractivity contribution in [2.24, 2.45) is 11.8 Å². The molecule has 2 N–H and O–H groups in total. The lowest BCUT2D eigenvalue weighted by atomic mass is 9.85. The minimum absolute atomic E-state index is 0. The van der Waals surface area contributed by atoms with Gasteiger partial charge in [0.1, 0.15) is 0 Å². The summed E-state index contributed by atoms with van der Waals surface area (Å²) >= 11 is 0. The van der Waals surface area contributed by atoms with Crippen molar-refractivity contribution in [1.82, 2.24) is 10.6 Å². The van der Waals surface area contributed by atoms with Crippen LogP contribution < -0.4 is 10.6 Å². The first-order chi connectivity index (χ1) is 11.3. The number of nitrogens with one attached hydrogen (secondary N) is 2. The van der Waals surface area contributed by atoms with Gasteiger partial charge < -0.3 is 10.6 Å². The first-order valence-electron chi connectivity index (χ1n) is 8.57. The number of piperidine rings is 1. The number of hydrogen-bond acceptors (Lipinski definition) is 4. The number of halogens is 1. The third-order valence-corrected chi connectivity index (χ3v) is 5.49. The lowest BCUT2D eigenvalue weighted by molar-refractivity contribution is -0.122. The lowest BCUT2D eigenvalue weighted by Crippen LogP contribution is -2.35. The number of carbonyl (C=O) groups excluding carboxylic acids is 1. The third-order valence-electron chi connectivity index (χ3n) is 4.66. The lowest BCUT2D eigenvalue weighted by Gasteiger charge is -2.28. The number of amides is 1. The topological polar surface area (TPSA) is 75.3 Å². The summed E-state index contributed by atoms with van der Waals surface area (Å²) in [6.07, 6.45) is 4.09. The molecule has 142 valence electrons. The maximum atomic E-state index is 12.2. The van der Waals surface area contributed by atoms with Crippen LogP contribution in [0, 0.1) is 11.8 Å². The Morgan fingerprint density at radius 1 is 1.32 bits per heavy atom. The van der Waals surface area contributed by atoms with E-state index in [1.165, 1.54) is 19.1 Å². The summed E-state index contributed by atoms with van der Waals surface area (Å²) in [6, 6.07) is 7.36. The van der Waals surface area contributed by atoms with Gasteiger partial charge in [0.25, 0.3) is 0 Å². The van der Waals surface area contributed by atoms with Crippen molar-refractivity contribution in [3.05, 3.63) is 35.4 Å². The molecule has 25 heavy (non-hydrogen) atoms. The normalized spacial score (nSPS) is 18.9. The van der Waals surface area contributed by atoms with Crippen LogP contribution >= 0.6 is 12.4 Å². The molecule has 0 aliphatic carbocycles. The molecule has 2 atom stereocenters. The van der Waals surface area contributed by atoms with E-state index in [9.17, 15) is 13.2 Å². The molecule has 1 heterocycles. The zero-order chi connectivity index (χ0) is 17.6. The SMILES string of the molecule is CC(CC(=O)NCc1ccccc1CS(C)(=O)=O)C1CCCNC1.Cl. The van der Waals surface area contributed by atoms with Gasteiger partial charge in [0.15, 0.2) is 9.84 Å². The van der Waals surface area contributed by atoms with Crippen molar-refractivity contribution in [2.45, 2.75) is 38.5 Å². The predicted molar refractivity (Wildman–Crippen MR) is 103 cm³/mol. The number of carbonyl (C=O) groups is 1. The van der Waals surface area contributed by atoms with Gasteiger partial charge in [0.2, 0.25) is 5.91 Å². The maximum absolute atomic E-state index is 12.2. The molecular formula is C18H29ClN2O3S. The summed E-state index contributed by atoms with van der Waals surface area (Å²) in [4.78, 5) is 12.2. The van der Waals surface area contributed by atoms with Gasteiger partial charge in [-0.05, 0) is 48.9 Å². The summed E-state index contributed by atoms with van der Waals surface area (Å²) in [6.45, 7) is 4.58. The van der Waals surface area contributed by atoms with Crippen LogP contribution in [0.5, 0.6) is 0 Å². The molecule has 1 aliphatic rings. The molecule has 0 radical (unpaired) electrons. The molecule has 1 aliphatic heterocycles. The van der Waals surface area contributed by atoms with Crippen molar-refractivity contribution in [1.29, 1.82) is 0 Å². The largest absolute Gasteiger partial charge is 0.352 e. The highest BCUT2D eigenvalue weighted by atomic mass is 35.5. The Hall–Kier alpha value is -1.11. The van der Waals surface area contributed by atoms with E-state index in [0.717, 1.165) is 24.2 Å². The van der Waals surface area contributed by atoms with Crippen LogP contribution in [-0.4, -0.2) is 33.7 Å². The van der Waals surface area contributed by atoms with Crippen LogP contribution in [0.15, 0.2) is 24.3 Å². The summed E-state index contributed by atoms with van der Waals surface area (Å²) in [5, 5.41) is 6.33. The minimum atomic E-state index is -3.09. The van der Waals surface area contributed by atoms with Gasteiger partial charge in [-0.3, -0.25) is 4.79 Å². The van der Waals surface area contributed by atoms with E-state index >= 15 is 0 Å². The molecule has 0 aromatic heterocycles. The molecule has 1 amide bonds. The molecule has 1 aromatic carbocycles. The van der Waals surface area contributed by atoms with Gasteiger partial charge >= 0.3 is 0 Å². The third kappa shape index (κ3) is 7.75. The number of hydrogen-bond donors (Lipinski definition) is 2. The van der Waals surface area contributed by atoms with E-state index in [2.05, 4.69) is 17.6 Å². The van der Waals surface area contributed by atoms with Crippen molar-refractivity contribution in [3.8, 4) is 0 Å². The molecule has 5 nitrogen and oxygen atoms in total. The van der Waals surface area contributed by atoms with E-state index in [1.54, 1.807) is 6.07 Å². The average molecular weight is 389 g/mol. The Balaban J connectivity index is 0.00000312. The Morgan fingerprint density at radius 3 is 2.60 bits per heavy atom. The van der Waals surface area contributed by atoms with E-state index < -0.39 is 9.84 Å². The second-order valence-corrected chi connectivity index (χ2v) is 9.04. The Kier molecular flexibility index (Phi) is 8.89. The second kappa shape index (κ2) is 10.1. The fourth-order valence-corrected chi connectivity index (χ4v) is 4.09. The van der Waals surface area contributed by atoms with Crippen molar-refractivity contribution < 1.29 is 13.2 Å². The number of rotatable bonds is 7. The van der Waals surface area contributed by atoms with Crippen LogP contribution in [0.3, 0.4) is 0 Å². The van der Waals surface area contributed by atoms with Crippen molar-refractivity contribution >= 4 is 28.2 Å². The fourth-order valence-electron chi connectivity index (χ4n) is 3.24. The summed E-state index contributed by atoms with van der Waals surface area (Å²) in [5.74, 6) is 0.941. The molecule has 0 saturated carbocycles. The highest BCUT2D eigenvalue weighted by molar-refractivity contribution is 7.89. The standard InChI is InChI=1S/C18H28N2O3S.ClH/c1-14(15-8-5-9-19-11-15)10-18(21)20-12-16-6-3-4-7-17(16)13-24(2,22)23;/h3-4,6-7,14-15,19H,5,8-13H2,1-2H3,(H,20,21);1H. The molecule has 0 bridgehead atoms. The van der Waals surface area contributed by atoms with Crippen LogP contribution in [0.25, 0.3) is 0 Å². The van der Waals surface area contributed by atoms with Crippen molar-refractivity contribution in [2.75, 3.05) is 19.3 Å². The Labute approximate surface area is 157 Å². The Bertz CT molecular complexity index is 658. The predicted octanol–water partition coefficient (Wildman–Crippen LogP) is 2.30. The molecule has 2 rings (SSSR count). The van der Waals surface area contributed by atoms with Gasteiger partial charge in [-0.1, -0.05) is 31.2 Å². The van der Waals surface area contributed by atoms with E-state index in [-0.39, 0.29) is 24.1 Å². The van der Waals surface area contributed by atoms with Gasteiger partial charge in [-0.2, -0.15) is 0 Å². The highest BCUT2D eigenvalue weighted by Crippen LogP contribution is 2.22. The summed E-state index contributed by atoms with van der Waals surface area (Å²) in [5.41, 5.74) is 1.62. The zero-order valence-corrected chi connectivity index (χ0v) is 16.6. The van der Waals surface area contributed by atoms with Crippen LogP contribution in [0.1, 0.15) is 37.3 Å². The monoisotopic (exact) mass is 388 g/mol. The quantitative estimate of drug-likeness (QED) is 0.751. The van der Waals surface area contributed by atoms with Crippen molar-refractivity contribution in [3.63, 3.8) is 0 Å². The van der Waals surface area contributed by atoms with Gasteiger partial charge in [0.05, 0.1) is 5.75 Å². The molecule has 0 spiro atoms. The van der Waals surface area contributed by atoms with Crippen LogP contribution in [0.4, 0.5) is 0 Å². The smallest absolute Gasteiger partial charge is 0.220 e. The van der Waals surface area contributed by atoms with Gasteiger partial charge in [-0.25, -0.2) is 8.42 Å². The molecule has 7 heteroatoms. The first-order valence-corrected chi connectivity index (χ1v) is 10.6. The van der Waals surface area contributed by atoms with Gasteiger partial charge in [0, 0.05) is 19.2 Å². The molecular weight excluding hydrogens is 360 g/mol. The van der Waals surface area contributed by atoms with Crippen LogP contribution in [-0.2, 0) is 26.9 Å². The van der Waals surface area contributed by atoms with E-state index in [0.29, 0.717) is 24.8 Å². The molecule has 1 aromatic rings. The van der Waals surface area contributed by atoms with E-state index in [4.69, 9.17) is 0 Å². The molecule has 1 saturated heterocycles. The number of benzene rings is 1. The zero-order valence-electron chi connectivity index (χ0n) is 15.0. The first kappa shape index (κ1) is 21.9. The van der Waals surface area contributed by atoms with Crippen LogP contribution in [0.2, 0.25) is 0 Å². The summed E-state index contributed by atoms with van der Waals surface area (Å²) in [7, 11) is -3.09. The number of sulfone groups is 1. The molecule has 2 unspecified atom stereocenters.